The molecule has 0 aliphatic carbocycles. The van der Waals surface area contributed by atoms with Gasteiger partial charge in [0.2, 0.25) is 0 Å². The van der Waals surface area contributed by atoms with Crippen molar-refractivity contribution in [3.63, 3.8) is 0 Å². The van der Waals surface area contributed by atoms with Crippen molar-refractivity contribution < 1.29 is 14.3 Å². The largest absolute Gasteiger partial charge is 0.493 e. The number of benzene rings is 3. The third-order valence-electron chi connectivity index (χ3n) is 4.22. The molecule has 0 aliphatic heterocycles. The molecule has 0 saturated carbocycles. The Labute approximate surface area is 194 Å². The number of nitriles is 1. The first kappa shape index (κ1) is 21.9. The summed E-state index contributed by atoms with van der Waals surface area (Å²) in [6.07, 6.45) is 1.59. The van der Waals surface area contributed by atoms with Crippen molar-refractivity contribution in [1.82, 2.24) is 0 Å². The van der Waals surface area contributed by atoms with Crippen LogP contribution < -0.4 is 9.47 Å². The van der Waals surface area contributed by atoms with Crippen LogP contribution in [0.25, 0.3) is 0 Å². The predicted molar refractivity (Wildman–Crippen MR) is 125 cm³/mol. The first-order chi connectivity index (χ1) is 14.6. The maximum absolute atomic E-state index is 9.12. The second kappa shape index (κ2) is 10.9. The zero-order valence-electron chi connectivity index (χ0n) is 16.1. The highest BCUT2D eigenvalue weighted by Crippen LogP contribution is 2.34. The molecule has 0 amide bonds. The Morgan fingerprint density at radius 1 is 1.07 bits per heavy atom. The van der Waals surface area contributed by atoms with Crippen molar-refractivity contribution in [2.75, 3.05) is 7.11 Å². The van der Waals surface area contributed by atoms with E-state index in [0.29, 0.717) is 28.7 Å². The number of nitrogens with zero attached hydrogens (tertiary/aromatic N) is 2. The fraction of sp³-hybridized carbons (Fsp3) is 0.130. The van der Waals surface area contributed by atoms with Crippen molar-refractivity contribution in [2.24, 2.45) is 5.16 Å². The van der Waals surface area contributed by atoms with Crippen molar-refractivity contribution in [3.8, 4) is 17.6 Å². The van der Waals surface area contributed by atoms with E-state index in [1.165, 1.54) is 0 Å². The van der Waals surface area contributed by atoms with Gasteiger partial charge in [0.25, 0.3) is 0 Å². The summed E-state index contributed by atoms with van der Waals surface area (Å²) in [6, 6.07) is 20.7. The van der Waals surface area contributed by atoms with Gasteiger partial charge in [0, 0.05) is 21.7 Å². The molecule has 3 rings (SSSR count). The Bertz CT molecular complexity index is 1100. The Morgan fingerprint density at radius 3 is 2.53 bits per heavy atom. The molecule has 3 aromatic rings. The van der Waals surface area contributed by atoms with Crippen LogP contribution in [0.15, 0.2) is 65.8 Å². The first-order valence-electron chi connectivity index (χ1n) is 8.99. The Morgan fingerprint density at radius 2 is 1.80 bits per heavy atom. The zero-order chi connectivity index (χ0) is 21.3. The summed E-state index contributed by atoms with van der Waals surface area (Å²) in [5, 5.41) is 13.8. The smallest absolute Gasteiger partial charge is 0.174 e. The molecule has 0 spiro atoms. The summed E-state index contributed by atoms with van der Waals surface area (Å²) in [5.74, 6) is 1.23. The molecule has 0 fully saturated rings. The minimum Gasteiger partial charge on any atom is -0.493 e. The van der Waals surface area contributed by atoms with E-state index in [1.54, 1.807) is 19.4 Å². The lowest BCUT2D eigenvalue weighted by Gasteiger charge is -2.14. The SMILES string of the molecule is COc1cc(/C=N\OCc2ccccc2C#N)cc(I)c1OCc1ccccc1Cl. The van der Waals surface area contributed by atoms with Crippen LogP contribution in [-0.2, 0) is 18.1 Å². The van der Waals surface area contributed by atoms with Gasteiger partial charge >= 0.3 is 0 Å². The molecule has 5 nitrogen and oxygen atoms in total. The van der Waals surface area contributed by atoms with Crippen LogP contribution in [0, 0.1) is 14.9 Å². The molecule has 0 aliphatic rings. The highest BCUT2D eigenvalue weighted by Gasteiger charge is 2.12. The average Bonchev–Trinajstić information content (AvgIpc) is 2.77. The molecule has 0 bridgehead atoms. The van der Waals surface area contributed by atoms with Gasteiger partial charge in [0.1, 0.15) is 13.2 Å². The number of rotatable bonds is 8. The highest BCUT2D eigenvalue weighted by molar-refractivity contribution is 14.1. The van der Waals surface area contributed by atoms with E-state index in [0.717, 1.165) is 20.3 Å². The Balaban J connectivity index is 1.68. The van der Waals surface area contributed by atoms with E-state index in [1.807, 2.05) is 54.6 Å². The fourth-order valence-corrected chi connectivity index (χ4v) is 3.65. The van der Waals surface area contributed by atoms with Crippen LogP contribution >= 0.6 is 34.2 Å². The molecule has 7 heteroatoms. The lowest BCUT2D eigenvalue weighted by Crippen LogP contribution is -2.01. The lowest BCUT2D eigenvalue weighted by molar-refractivity contribution is 0.132. The number of methoxy groups -OCH3 is 1. The molecule has 0 unspecified atom stereocenters. The van der Waals surface area contributed by atoms with Gasteiger partial charge in [-0.15, -0.1) is 0 Å². The van der Waals surface area contributed by atoms with Gasteiger partial charge in [0.05, 0.1) is 28.5 Å². The van der Waals surface area contributed by atoms with Gasteiger partial charge < -0.3 is 14.3 Å². The molecule has 3 aromatic carbocycles. The molecular formula is C23H18ClIN2O3. The van der Waals surface area contributed by atoms with E-state index in [4.69, 9.17) is 31.2 Å². The van der Waals surface area contributed by atoms with Crippen LogP contribution in [-0.4, -0.2) is 13.3 Å². The molecule has 30 heavy (non-hydrogen) atoms. The monoisotopic (exact) mass is 532 g/mol. The van der Waals surface area contributed by atoms with E-state index in [2.05, 4.69) is 33.8 Å². The zero-order valence-corrected chi connectivity index (χ0v) is 19.1. The van der Waals surface area contributed by atoms with Gasteiger partial charge in [-0.3, -0.25) is 0 Å². The van der Waals surface area contributed by atoms with Crippen molar-refractivity contribution in [3.05, 3.63) is 91.5 Å². The number of halogens is 2. The molecule has 0 saturated heterocycles. The molecule has 0 atom stereocenters. The van der Waals surface area contributed by atoms with Crippen molar-refractivity contribution in [2.45, 2.75) is 13.2 Å². The second-order valence-corrected chi connectivity index (χ2v) is 7.76. The van der Waals surface area contributed by atoms with E-state index in [-0.39, 0.29) is 6.61 Å². The topological polar surface area (TPSA) is 63.8 Å². The van der Waals surface area contributed by atoms with Crippen molar-refractivity contribution >= 4 is 40.4 Å². The van der Waals surface area contributed by atoms with Gasteiger partial charge in [-0.05, 0) is 46.9 Å². The number of hydrogen-bond acceptors (Lipinski definition) is 5. The number of ether oxygens (including phenoxy) is 2. The van der Waals surface area contributed by atoms with Gasteiger partial charge in [-0.1, -0.05) is 53.2 Å². The van der Waals surface area contributed by atoms with Gasteiger partial charge in [-0.2, -0.15) is 5.26 Å². The van der Waals surface area contributed by atoms with Gasteiger partial charge in [0.15, 0.2) is 11.5 Å². The summed E-state index contributed by atoms with van der Waals surface area (Å²) >= 11 is 8.39. The fourth-order valence-electron chi connectivity index (χ4n) is 2.68. The van der Waals surface area contributed by atoms with Crippen molar-refractivity contribution in [1.29, 1.82) is 5.26 Å². The maximum atomic E-state index is 9.12. The number of oxime groups is 1. The van der Waals surface area contributed by atoms with Crippen LogP contribution in [0.3, 0.4) is 0 Å². The summed E-state index contributed by atoms with van der Waals surface area (Å²) in [4.78, 5) is 5.36. The molecular weight excluding hydrogens is 515 g/mol. The predicted octanol–water partition coefficient (Wildman–Crippen LogP) is 5.95. The summed E-state index contributed by atoms with van der Waals surface area (Å²) in [5.41, 5.74) is 3.06. The Hall–Kier alpha value is -2.76. The van der Waals surface area contributed by atoms with Gasteiger partial charge in [-0.25, -0.2) is 0 Å². The minimum absolute atomic E-state index is 0.216. The van der Waals surface area contributed by atoms with E-state index >= 15 is 0 Å². The summed E-state index contributed by atoms with van der Waals surface area (Å²) < 4.78 is 12.3. The lowest BCUT2D eigenvalue weighted by atomic mass is 10.1. The third kappa shape index (κ3) is 5.65. The third-order valence-corrected chi connectivity index (χ3v) is 5.39. The van der Waals surface area contributed by atoms with Crippen LogP contribution in [0.5, 0.6) is 11.5 Å². The second-order valence-electron chi connectivity index (χ2n) is 6.19. The molecule has 152 valence electrons. The van der Waals surface area contributed by atoms with Crippen LogP contribution in [0.4, 0.5) is 0 Å². The van der Waals surface area contributed by atoms with E-state index in [9.17, 15) is 0 Å². The molecule has 0 radical (unpaired) electrons. The highest BCUT2D eigenvalue weighted by atomic mass is 127. The minimum atomic E-state index is 0.216. The summed E-state index contributed by atoms with van der Waals surface area (Å²) in [6.45, 7) is 0.550. The number of hydrogen-bond donors (Lipinski definition) is 0. The Kier molecular flexibility index (Phi) is 7.94. The first-order valence-corrected chi connectivity index (χ1v) is 10.4. The molecule has 0 aromatic heterocycles. The standard InChI is InChI=1S/C23H18ClIN2O3/c1-28-22-11-16(13-27-30-15-18-7-3-2-6-17(18)12-26)10-21(25)23(22)29-14-19-8-4-5-9-20(19)24/h2-11,13H,14-15H2,1H3/b27-13-. The maximum Gasteiger partial charge on any atom is 0.174 e. The van der Waals surface area contributed by atoms with Crippen LogP contribution in [0.1, 0.15) is 22.3 Å². The normalized spacial score (nSPS) is 10.6. The van der Waals surface area contributed by atoms with E-state index < -0.39 is 0 Å². The molecule has 0 heterocycles. The summed E-state index contributed by atoms with van der Waals surface area (Å²) in [7, 11) is 1.59. The van der Waals surface area contributed by atoms with Crippen LogP contribution in [0.2, 0.25) is 5.02 Å². The quantitative estimate of drug-likeness (QED) is 0.204. The average molecular weight is 533 g/mol. The molecule has 0 N–H and O–H groups in total.